The zero-order chi connectivity index (χ0) is 21.8. The fraction of sp³-hybridized carbons (Fsp3) is 0.583. The molecule has 0 unspecified atom stereocenters. The second-order valence-corrected chi connectivity index (χ2v) is 10.8. The SMILES string of the molecule is CN(CCCCC#N)Cc1nc(-c2cc(C(C)(C)C)c(O)c(C(C)(C)C)c2)cs1. The fourth-order valence-corrected chi connectivity index (χ4v) is 4.22. The summed E-state index contributed by atoms with van der Waals surface area (Å²) in [5.41, 5.74) is 3.66. The lowest BCUT2D eigenvalue weighted by Gasteiger charge is -2.28. The van der Waals surface area contributed by atoms with E-state index in [0.717, 1.165) is 53.3 Å². The Morgan fingerprint density at radius 2 is 1.66 bits per heavy atom. The van der Waals surface area contributed by atoms with E-state index in [1.54, 1.807) is 11.3 Å². The molecule has 0 bridgehead atoms. The van der Waals surface area contributed by atoms with E-state index in [-0.39, 0.29) is 10.8 Å². The zero-order valence-electron chi connectivity index (χ0n) is 19.0. The van der Waals surface area contributed by atoms with Gasteiger partial charge in [0.1, 0.15) is 10.8 Å². The first-order valence-corrected chi connectivity index (χ1v) is 11.2. The van der Waals surface area contributed by atoms with Crippen LogP contribution in [0.2, 0.25) is 0 Å². The molecule has 0 radical (unpaired) electrons. The van der Waals surface area contributed by atoms with Crippen LogP contribution in [0.1, 0.15) is 76.9 Å². The minimum atomic E-state index is -0.150. The van der Waals surface area contributed by atoms with E-state index in [4.69, 9.17) is 10.2 Å². The topological polar surface area (TPSA) is 60.2 Å². The Morgan fingerprint density at radius 1 is 1.07 bits per heavy atom. The van der Waals surface area contributed by atoms with E-state index in [2.05, 4.69) is 77.1 Å². The number of phenolic OH excluding ortho intramolecular Hbond substituents is 1. The summed E-state index contributed by atoms with van der Waals surface area (Å²) in [7, 11) is 2.10. The largest absolute Gasteiger partial charge is 0.507 e. The van der Waals surface area contributed by atoms with Gasteiger partial charge >= 0.3 is 0 Å². The van der Waals surface area contributed by atoms with Gasteiger partial charge in [-0.25, -0.2) is 4.98 Å². The highest BCUT2D eigenvalue weighted by atomic mass is 32.1. The van der Waals surface area contributed by atoms with Crippen LogP contribution in [0.15, 0.2) is 17.5 Å². The molecule has 0 saturated heterocycles. The second-order valence-electron chi connectivity index (χ2n) is 9.90. The number of phenols is 1. The molecule has 0 amide bonds. The Kier molecular flexibility index (Phi) is 7.48. The molecule has 2 aromatic rings. The molecular formula is C24H35N3OS. The van der Waals surface area contributed by atoms with Gasteiger partial charge < -0.3 is 5.11 Å². The number of unbranched alkanes of at least 4 members (excludes halogenated alkanes) is 2. The van der Waals surface area contributed by atoms with Crippen molar-refractivity contribution in [3.8, 4) is 23.1 Å². The van der Waals surface area contributed by atoms with Gasteiger partial charge in [-0.3, -0.25) is 4.90 Å². The number of benzene rings is 1. The lowest BCUT2D eigenvalue weighted by Crippen LogP contribution is -2.19. The van der Waals surface area contributed by atoms with Gasteiger partial charge in [0.05, 0.1) is 18.3 Å². The second kappa shape index (κ2) is 9.28. The molecule has 0 aliphatic carbocycles. The fourth-order valence-electron chi connectivity index (χ4n) is 3.34. The van der Waals surface area contributed by atoms with Gasteiger partial charge in [-0.1, -0.05) is 41.5 Å². The highest BCUT2D eigenvalue weighted by molar-refractivity contribution is 7.09. The molecule has 0 aliphatic rings. The zero-order valence-corrected chi connectivity index (χ0v) is 19.8. The minimum absolute atomic E-state index is 0.150. The summed E-state index contributed by atoms with van der Waals surface area (Å²) in [5, 5.41) is 22.8. The molecule has 0 spiro atoms. The normalized spacial score (nSPS) is 12.4. The summed E-state index contributed by atoms with van der Waals surface area (Å²) < 4.78 is 0. The number of hydrogen-bond donors (Lipinski definition) is 1. The van der Waals surface area contributed by atoms with E-state index < -0.39 is 0 Å². The minimum Gasteiger partial charge on any atom is -0.507 e. The number of rotatable bonds is 7. The van der Waals surface area contributed by atoms with Crippen LogP contribution in [0.3, 0.4) is 0 Å². The summed E-state index contributed by atoms with van der Waals surface area (Å²) in [6, 6.07) is 6.38. The Labute approximate surface area is 180 Å². The molecule has 1 heterocycles. The maximum Gasteiger partial charge on any atom is 0.123 e. The van der Waals surface area contributed by atoms with Crippen molar-refractivity contribution in [2.24, 2.45) is 0 Å². The van der Waals surface area contributed by atoms with Crippen molar-refractivity contribution in [1.29, 1.82) is 5.26 Å². The molecule has 29 heavy (non-hydrogen) atoms. The number of aromatic nitrogens is 1. The third-order valence-corrected chi connectivity index (χ3v) is 5.89. The average molecular weight is 414 g/mol. The van der Waals surface area contributed by atoms with Crippen molar-refractivity contribution >= 4 is 11.3 Å². The first kappa shape index (κ1) is 23.4. The summed E-state index contributed by atoms with van der Waals surface area (Å²) in [6.07, 6.45) is 2.61. The first-order valence-electron chi connectivity index (χ1n) is 10.3. The van der Waals surface area contributed by atoms with Crippen LogP contribution in [0.25, 0.3) is 11.3 Å². The monoisotopic (exact) mass is 413 g/mol. The molecule has 158 valence electrons. The summed E-state index contributed by atoms with van der Waals surface area (Å²) in [5.74, 6) is 0.404. The van der Waals surface area contributed by atoms with Gasteiger partial charge in [0.15, 0.2) is 0 Å². The van der Waals surface area contributed by atoms with Gasteiger partial charge in [0.25, 0.3) is 0 Å². The third-order valence-electron chi connectivity index (χ3n) is 5.06. The third kappa shape index (κ3) is 6.29. The Hall–Kier alpha value is -1.90. The maximum atomic E-state index is 10.9. The molecule has 1 aromatic carbocycles. The molecule has 0 atom stereocenters. The van der Waals surface area contributed by atoms with Crippen molar-refractivity contribution in [1.82, 2.24) is 9.88 Å². The number of nitriles is 1. The molecule has 0 aliphatic heterocycles. The molecule has 4 nitrogen and oxygen atoms in total. The number of hydrogen-bond acceptors (Lipinski definition) is 5. The maximum absolute atomic E-state index is 10.9. The van der Waals surface area contributed by atoms with Crippen LogP contribution in [-0.4, -0.2) is 28.6 Å². The Bertz CT molecular complexity index is 830. The number of thiazole rings is 1. The van der Waals surface area contributed by atoms with Crippen LogP contribution in [-0.2, 0) is 17.4 Å². The quantitative estimate of drug-likeness (QED) is 0.546. The molecule has 1 aromatic heterocycles. The van der Waals surface area contributed by atoms with E-state index in [0.29, 0.717) is 12.2 Å². The van der Waals surface area contributed by atoms with Crippen LogP contribution < -0.4 is 0 Å². The van der Waals surface area contributed by atoms with Crippen LogP contribution in [0, 0.1) is 11.3 Å². The predicted molar refractivity (Wildman–Crippen MR) is 122 cm³/mol. The lowest BCUT2D eigenvalue weighted by molar-refractivity contribution is 0.319. The van der Waals surface area contributed by atoms with E-state index in [9.17, 15) is 5.11 Å². The van der Waals surface area contributed by atoms with Gasteiger partial charge in [-0.2, -0.15) is 5.26 Å². The van der Waals surface area contributed by atoms with Crippen molar-refractivity contribution in [2.75, 3.05) is 13.6 Å². The molecule has 2 rings (SSSR count). The smallest absolute Gasteiger partial charge is 0.123 e. The molecule has 0 fully saturated rings. The van der Waals surface area contributed by atoms with Crippen molar-refractivity contribution < 1.29 is 5.11 Å². The Balaban J connectivity index is 2.28. The number of nitrogens with zero attached hydrogens (tertiary/aromatic N) is 3. The first-order chi connectivity index (χ1) is 13.4. The van der Waals surface area contributed by atoms with E-state index >= 15 is 0 Å². The summed E-state index contributed by atoms with van der Waals surface area (Å²) in [6.45, 7) is 14.6. The van der Waals surface area contributed by atoms with Crippen LogP contribution in [0.5, 0.6) is 5.75 Å². The van der Waals surface area contributed by atoms with Crippen molar-refractivity contribution in [3.05, 3.63) is 33.6 Å². The summed E-state index contributed by atoms with van der Waals surface area (Å²) in [4.78, 5) is 7.15. The van der Waals surface area contributed by atoms with Gasteiger partial charge in [-0.05, 0) is 49.4 Å². The van der Waals surface area contributed by atoms with E-state index in [1.165, 1.54) is 0 Å². The average Bonchev–Trinajstić information content (AvgIpc) is 3.05. The highest BCUT2D eigenvalue weighted by Crippen LogP contribution is 2.42. The van der Waals surface area contributed by atoms with Gasteiger partial charge in [0, 0.05) is 28.5 Å². The van der Waals surface area contributed by atoms with Crippen molar-refractivity contribution in [2.45, 2.75) is 78.2 Å². The van der Waals surface area contributed by atoms with Gasteiger partial charge in [-0.15, -0.1) is 11.3 Å². The van der Waals surface area contributed by atoms with Crippen LogP contribution >= 0.6 is 11.3 Å². The standard InChI is InChI=1S/C24H35N3OS/c1-23(2,3)18-13-17(14-19(22(18)28)24(4,5)6)20-16-29-21(26-20)15-27(7)12-10-8-9-11-25/h13-14,16,28H,8-10,12,15H2,1-7H3. The molecule has 5 heteroatoms. The van der Waals surface area contributed by atoms with Crippen molar-refractivity contribution in [3.63, 3.8) is 0 Å². The summed E-state index contributed by atoms with van der Waals surface area (Å²) >= 11 is 1.68. The molecular weight excluding hydrogens is 378 g/mol. The molecule has 0 saturated carbocycles. The predicted octanol–water partition coefficient (Wildman–Crippen LogP) is 6.24. The number of aromatic hydroxyl groups is 1. The molecule has 1 N–H and O–H groups in total. The lowest BCUT2D eigenvalue weighted by atomic mass is 9.78. The van der Waals surface area contributed by atoms with Crippen LogP contribution in [0.4, 0.5) is 0 Å². The van der Waals surface area contributed by atoms with E-state index in [1.807, 2.05) is 0 Å². The van der Waals surface area contributed by atoms with Gasteiger partial charge in [0.2, 0.25) is 0 Å². The highest BCUT2D eigenvalue weighted by Gasteiger charge is 2.27. The Morgan fingerprint density at radius 3 is 2.17 bits per heavy atom.